The topological polar surface area (TPSA) is 55.0 Å². The standard InChI is InChI=1S/C16H14N2O2/c1-10-4-3-7-17-15(10)16-13(9-19)12-8-11(20-2)5-6-14(12)18-16/h3-9,18H,1-2H3. The molecule has 0 aliphatic rings. The Morgan fingerprint density at radius 2 is 2.15 bits per heavy atom. The molecule has 3 rings (SSSR count). The number of fused-ring (bicyclic) bond motifs is 1. The summed E-state index contributed by atoms with van der Waals surface area (Å²) in [6, 6.07) is 9.48. The third-order valence-electron chi connectivity index (χ3n) is 3.41. The number of methoxy groups -OCH3 is 1. The molecule has 20 heavy (non-hydrogen) atoms. The zero-order valence-corrected chi connectivity index (χ0v) is 11.3. The van der Waals surface area contributed by atoms with Crippen molar-refractivity contribution in [3.63, 3.8) is 0 Å². The lowest BCUT2D eigenvalue weighted by Crippen LogP contribution is -1.91. The van der Waals surface area contributed by atoms with E-state index in [-0.39, 0.29) is 0 Å². The van der Waals surface area contributed by atoms with E-state index < -0.39 is 0 Å². The van der Waals surface area contributed by atoms with Gasteiger partial charge in [0.05, 0.1) is 18.5 Å². The molecule has 0 spiro atoms. The van der Waals surface area contributed by atoms with Gasteiger partial charge in [0.1, 0.15) is 5.75 Å². The number of nitrogens with one attached hydrogen (secondary N) is 1. The summed E-state index contributed by atoms with van der Waals surface area (Å²) >= 11 is 0. The molecule has 0 atom stereocenters. The number of hydrogen-bond acceptors (Lipinski definition) is 3. The van der Waals surface area contributed by atoms with E-state index in [0.717, 1.165) is 39.9 Å². The number of nitrogens with zero attached hydrogens (tertiary/aromatic N) is 1. The van der Waals surface area contributed by atoms with E-state index in [0.29, 0.717) is 5.56 Å². The van der Waals surface area contributed by atoms with Crippen molar-refractivity contribution < 1.29 is 9.53 Å². The summed E-state index contributed by atoms with van der Waals surface area (Å²) in [5.74, 6) is 0.726. The van der Waals surface area contributed by atoms with Crippen LogP contribution in [0.15, 0.2) is 36.5 Å². The van der Waals surface area contributed by atoms with Gasteiger partial charge in [-0.2, -0.15) is 0 Å². The minimum Gasteiger partial charge on any atom is -0.497 e. The van der Waals surface area contributed by atoms with Crippen LogP contribution in [0.3, 0.4) is 0 Å². The predicted octanol–water partition coefficient (Wildman–Crippen LogP) is 3.36. The summed E-state index contributed by atoms with van der Waals surface area (Å²) in [7, 11) is 1.61. The van der Waals surface area contributed by atoms with Gasteiger partial charge in [-0.25, -0.2) is 0 Å². The van der Waals surface area contributed by atoms with Crippen LogP contribution in [0.1, 0.15) is 15.9 Å². The van der Waals surface area contributed by atoms with Crippen LogP contribution in [-0.4, -0.2) is 23.4 Å². The van der Waals surface area contributed by atoms with Crippen molar-refractivity contribution in [1.82, 2.24) is 9.97 Å². The number of aromatic amines is 1. The van der Waals surface area contributed by atoms with Gasteiger partial charge in [-0.05, 0) is 36.8 Å². The summed E-state index contributed by atoms with van der Waals surface area (Å²) in [4.78, 5) is 19.1. The monoisotopic (exact) mass is 266 g/mol. The van der Waals surface area contributed by atoms with E-state index in [1.54, 1.807) is 13.3 Å². The summed E-state index contributed by atoms with van der Waals surface area (Å²) in [5.41, 5.74) is 4.08. The second-order valence-electron chi connectivity index (χ2n) is 4.61. The molecule has 1 aromatic carbocycles. The zero-order valence-electron chi connectivity index (χ0n) is 11.3. The molecule has 4 heteroatoms. The summed E-state index contributed by atoms with van der Waals surface area (Å²) in [6.07, 6.45) is 2.59. The Hall–Kier alpha value is -2.62. The van der Waals surface area contributed by atoms with Gasteiger partial charge in [-0.3, -0.25) is 9.78 Å². The Balaban J connectivity index is 2.31. The van der Waals surface area contributed by atoms with E-state index in [2.05, 4.69) is 9.97 Å². The van der Waals surface area contributed by atoms with Crippen molar-refractivity contribution in [3.05, 3.63) is 47.7 Å². The van der Waals surface area contributed by atoms with Gasteiger partial charge in [0.2, 0.25) is 0 Å². The number of aromatic nitrogens is 2. The predicted molar refractivity (Wildman–Crippen MR) is 78.2 cm³/mol. The van der Waals surface area contributed by atoms with Crippen molar-refractivity contribution in [1.29, 1.82) is 0 Å². The van der Waals surface area contributed by atoms with Crippen molar-refractivity contribution in [3.8, 4) is 17.1 Å². The fraction of sp³-hybridized carbons (Fsp3) is 0.125. The van der Waals surface area contributed by atoms with Gasteiger partial charge >= 0.3 is 0 Å². The summed E-state index contributed by atoms with van der Waals surface area (Å²) < 4.78 is 5.22. The number of hydrogen-bond donors (Lipinski definition) is 1. The number of carbonyl (C=O) groups is 1. The third-order valence-corrected chi connectivity index (χ3v) is 3.41. The molecular formula is C16H14N2O2. The number of benzene rings is 1. The SMILES string of the molecule is COc1ccc2[nH]c(-c3ncccc3C)c(C=O)c2c1. The molecule has 2 heterocycles. The van der Waals surface area contributed by atoms with Gasteiger partial charge in [0.15, 0.2) is 6.29 Å². The van der Waals surface area contributed by atoms with E-state index in [9.17, 15) is 4.79 Å². The van der Waals surface area contributed by atoms with E-state index >= 15 is 0 Å². The number of ether oxygens (including phenoxy) is 1. The minimum absolute atomic E-state index is 0.612. The van der Waals surface area contributed by atoms with Crippen LogP contribution in [0, 0.1) is 6.92 Å². The quantitative estimate of drug-likeness (QED) is 0.739. The molecule has 1 N–H and O–H groups in total. The zero-order chi connectivity index (χ0) is 14.1. The molecular weight excluding hydrogens is 252 g/mol. The smallest absolute Gasteiger partial charge is 0.152 e. The molecule has 0 aliphatic carbocycles. The Morgan fingerprint density at radius 3 is 2.85 bits per heavy atom. The molecule has 0 unspecified atom stereocenters. The average molecular weight is 266 g/mol. The molecule has 0 radical (unpaired) electrons. The van der Waals surface area contributed by atoms with Crippen molar-refractivity contribution in [2.45, 2.75) is 6.92 Å². The van der Waals surface area contributed by atoms with Crippen LogP contribution in [0.5, 0.6) is 5.75 Å². The van der Waals surface area contributed by atoms with Crippen LogP contribution in [0.25, 0.3) is 22.3 Å². The maximum Gasteiger partial charge on any atom is 0.152 e. The Kier molecular flexibility index (Phi) is 2.99. The maximum absolute atomic E-state index is 11.5. The fourth-order valence-corrected chi connectivity index (χ4v) is 2.38. The fourth-order valence-electron chi connectivity index (χ4n) is 2.38. The summed E-state index contributed by atoms with van der Waals surface area (Å²) in [5, 5.41) is 0.847. The maximum atomic E-state index is 11.5. The van der Waals surface area contributed by atoms with Crippen molar-refractivity contribution in [2.24, 2.45) is 0 Å². The Bertz CT molecular complexity index is 790. The molecule has 0 amide bonds. The number of H-pyrrole nitrogens is 1. The highest BCUT2D eigenvalue weighted by Gasteiger charge is 2.15. The normalized spacial score (nSPS) is 10.7. The van der Waals surface area contributed by atoms with Gasteiger partial charge in [0, 0.05) is 22.7 Å². The molecule has 100 valence electrons. The number of carbonyl (C=O) groups excluding carboxylic acids is 1. The first-order valence-corrected chi connectivity index (χ1v) is 6.31. The lowest BCUT2D eigenvalue weighted by atomic mass is 10.1. The molecule has 0 aliphatic heterocycles. The first-order valence-electron chi connectivity index (χ1n) is 6.31. The highest BCUT2D eigenvalue weighted by molar-refractivity contribution is 6.04. The largest absolute Gasteiger partial charge is 0.497 e. The average Bonchev–Trinajstić information content (AvgIpc) is 2.84. The van der Waals surface area contributed by atoms with Crippen LogP contribution >= 0.6 is 0 Å². The third kappa shape index (κ3) is 1.86. The van der Waals surface area contributed by atoms with Crippen LogP contribution in [-0.2, 0) is 0 Å². The Morgan fingerprint density at radius 1 is 1.30 bits per heavy atom. The van der Waals surface area contributed by atoms with Gasteiger partial charge in [-0.1, -0.05) is 6.07 Å². The van der Waals surface area contributed by atoms with Crippen LogP contribution in [0.2, 0.25) is 0 Å². The van der Waals surface area contributed by atoms with Crippen molar-refractivity contribution >= 4 is 17.2 Å². The van der Waals surface area contributed by atoms with E-state index in [1.807, 2.05) is 37.3 Å². The minimum atomic E-state index is 0.612. The first kappa shape index (κ1) is 12.4. The van der Waals surface area contributed by atoms with Crippen LogP contribution < -0.4 is 4.74 Å². The van der Waals surface area contributed by atoms with Gasteiger partial charge in [-0.15, -0.1) is 0 Å². The lowest BCUT2D eigenvalue weighted by molar-refractivity contribution is 0.112. The van der Waals surface area contributed by atoms with E-state index in [1.165, 1.54) is 0 Å². The second kappa shape index (κ2) is 4.81. The molecule has 4 nitrogen and oxygen atoms in total. The van der Waals surface area contributed by atoms with E-state index in [4.69, 9.17) is 4.74 Å². The molecule has 3 aromatic rings. The van der Waals surface area contributed by atoms with Gasteiger partial charge in [0.25, 0.3) is 0 Å². The number of pyridine rings is 1. The lowest BCUT2D eigenvalue weighted by Gasteiger charge is -2.02. The van der Waals surface area contributed by atoms with Crippen LogP contribution in [0.4, 0.5) is 0 Å². The van der Waals surface area contributed by atoms with Gasteiger partial charge < -0.3 is 9.72 Å². The number of rotatable bonds is 3. The molecule has 0 bridgehead atoms. The molecule has 0 saturated heterocycles. The second-order valence-corrected chi connectivity index (χ2v) is 4.61. The first-order chi connectivity index (χ1) is 9.74. The Labute approximate surface area is 116 Å². The number of aldehydes is 1. The molecule has 0 fully saturated rings. The summed E-state index contributed by atoms with van der Waals surface area (Å²) in [6.45, 7) is 1.98. The molecule has 0 saturated carbocycles. The molecule has 2 aromatic heterocycles. The highest BCUT2D eigenvalue weighted by Crippen LogP contribution is 2.31. The highest BCUT2D eigenvalue weighted by atomic mass is 16.5. The van der Waals surface area contributed by atoms with Crippen molar-refractivity contribution in [2.75, 3.05) is 7.11 Å². The number of aryl methyl sites for hydroxylation is 1.